The summed E-state index contributed by atoms with van der Waals surface area (Å²) in [6, 6.07) is 9.14. The van der Waals surface area contributed by atoms with Crippen LogP contribution in [-0.4, -0.2) is 14.3 Å². The summed E-state index contributed by atoms with van der Waals surface area (Å²) in [6.45, 7) is 0. The average Bonchev–Trinajstić information content (AvgIpc) is 2.72. The Hall–Kier alpha value is -3.61. The quantitative estimate of drug-likeness (QED) is 0.422. The Morgan fingerprint density at radius 2 is 1.29 bits per heavy atom. The summed E-state index contributed by atoms with van der Waals surface area (Å²) in [4.78, 5) is 12.3. The third kappa shape index (κ3) is 5.84. The van der Waals surface area contributed by atoms with Gasteiger partial charge < -0.3 is 5.32 Å². The number of nitrogens with one attached hydrogen (secondary N) is 2. The molecule has 0 saturated heterocycles. The number of benzene rings is 3. The van der Waals surface area contributed by atoms with Crippen molar-refractivity contribution in [1.82, 2.24) is 0 Å². The third-order valence-corrected chi connectivity index (χ3v) is 5.77. The zero-order valence-corrected chi connectivity index (χ0v) is 17.4. The fraction of sp³-hybridized carbons (Fsp3) is 0.0952. The van der Waals surface area contributed by atoms with Gasteiger partial charge in [-0.15, -0.1) is 0 Å². The van der Waals surface area contributed by atoms with E-state index in [0.717, 1.165) is 36.4 Å². The summed E-state index contributed by atoms with van der Waals surface area (Å²) in [6.07, 6.45) is -10.2. The van der Waals surface area contributed by atoms with E-state index in [1.807, 2.05) is 5.32 Å². The minimum absolute atomic E-state index is 0.0968. The molecule has 0 aliphatic heterocycles. The molecule has 3 aromatic rings. The van der Waals surface area contributed by atoms with Crippen molar-refractivity contribution in [3.05, 3.63) is 89.2 Å². The Kier molecular flexibility index (Phi) is 6.60. The van der Waals surface area contributed by atoms with Gasteiger partial charge in [0.05, 0.1) is 27.3 Å². The standard InChI is InChI=1S/C21H13F7N2O3S/c22-14-5-7-16(8-6-14)34(32,33)30-18-4-2-1-3-17(18)19(31)29-15-10-12(20(23,24)25)9-13(11-15)21(26,27)28/h1-11,30H,(H,29,31). The first kappa shape index (κ1) is 25.0. The number of carbonyl (C=O) groups excluding carboxylic acids is 1. The number of para-hydroxylation sites is 1. The molecular formula is C21H13F7N2O3S. The Morgan fingerprint density at radius 1 is 0.765 bits per heavy atom. The van der Waals surface area contributed by atoms with Crippen molar-refractivity contribution in [2.75, 3.05) is 10.0 Å². The van der Waals surface area contributed by atoms with E-state index < -0.39 is 50.9 Å². The maximum absolute atomic E-state index is 13.1. The van der Waals surface area contributed by atoms with Gasteiger partial charge >= 0.3 is 12.4 Å². The zero-order valence-electron chi connectivity index (χ0n) is 16.6. The number of rotatable bonds is 5. The van der Waals surface area contributed by atoms with Gasteiger partial charge in [-0.1, -0.05) is 12.1 Å². The molecule has 0 fully saturated rings. The first-order valence-corrected chi connectivity index (χ1v) is 10.6. The Morgan fingerprint density at radius 3 is 1.82 bits per heavy atom. The summed E-state index contributed by atoms with van der Waals surface area (Å²) in [5.41, 5.74) is -4.78. The van der Waals surface area contributed by atoms with E-state index >= 15 is 0 Å². The van der Waals surface area contributed by atoms with Crippen molar-refractivity contribution in [3.63, 3.8) is 0 Å². The lowest BCUT2D eigenvalue weighted by Gasteiger charge is -2.16. The molecule has 3 rings (SSSR count). The molecule has 13 heteroatoms. The number of alkyl halides is 6. The molecule has 2 N–H and O–H groups in total. The molecule has 0 aliphatic carbocycles. The zero-order chi connectivity index (χ0) is 25.3. The minimum Gasteiger partial charge on any atom is -0.322 e. The molecule has 0 bridgehead atoms. The predicted molar refractivity (Wildman–Crippen MR) is 108 cm³/mol. The highest BCUT2D eigenvalue weighted by atomic mass is 32.2. The highest BCUT2D eigenvalue weighted by Gasteiger charge is 2.37. The Labute approximate surface area is 188 Å². The highest BCUT2D eigenvalue weighted by molar-refractivity contribution is 7.92. The van der Waals surface area contributed by atoms with Gasteiger partial charge in [-0.05, 0) is 54.6 Å². The van der Waals surface area contributed by atoms with Gasteiger partial charge in [0.15, 0.2) is 0 Å². The van der Waals surface area contributed by atoms with E-state index in [0.29, 0.717) is 12.1 Å². The van der Waals surface area contributed by atoms with Gasteiger partial charge in [-0.25, -0.2) is 12.8 Å². The van der Waals surface area contributed by atoms with Crippen LogP contribution in [0.4, 0.5) is 42.1 Å². The Balaban J connectivity index is 1.95. The van der Waals surface area contributed by atoms with Crippen LogP contribution in [0.1, 0.15) is 21.5 Å². The van der Waals surface area contributed by atoms with Gasteiger partial charge in [-0.3, -0.25) is 9.52 Å². The Bertz CT molecular complexity index is 1290. The molecule has 0 saturated carbocycles. The van der Waals surface area contributed by atoms with Gasteiger partial charge in [0.2, 0.25) is 0 Å². The predicted octanol–water partition coefficient (Wildman–Crippen LogP) is 5.92. The van der Waals surface area contributed by atoms with Crippen LogP contribution in [0.25, 0.3) is 0 Å². The molecule has 5 nitrogen and oxygen atoms in total. The lowest BCUT2D eigenvalue weighted by Crippen LogP contribution is -2.19. The molecule has 0 heterocycles. The molecule has 0 atom stereocenters. The van der Waals surface area contributed by atoms with Crippen LogP contribution in [0.2, 0.25) is 0 Å². The second-order valence-electron chi connectivity index (χ2n) is 6.85. The van der Waals surface area contributed by atoms with Crippen molar-refractivity contribution in [1.29, 1.82) is 0 Å². The number of hydrogen-bond acceptors (Lipinski definition) is 3. The fourth-order valence-electron chi connectivity index (χ4n) is 2.81. The summed E-state index contributed by atoms with van der Waals surface area (Å²) in [5.74, 6) is -1.87. The third-order valence-electron chi connectivity index (χ3n) is 4.39. The van der Waals surface area contributed by atoms with Crippen LogP contribution < -0.4 is 10.0 Å². The van der Waals surface area contributed by atoms with E-state index in [9.17, 15) is 43.9 Å². The average molecular weight is 506 g/mol. The summed E-state index contributed by atoms with van der Waals surface area (Å²) < 4.78 is 119. The maximum Gasteiger partial charge on any atom is 0.416 e. The van der Waals surface area contributed by atoms with Crippen molar-refractivity contribution >= 4 is 27.3 Å². The van der Waals surface area contributed by atoms with Crippen LogP contribution in [0.15, 0.2) is 71.6 Å². The molecular weight excluding hydrogens is 493 g/mol. The van der Waals surface area contributed by atoms with Gasteiger partial charge in [0.1, 0.15) is 5.82 Å². The summed E-state index contributed by atoms with van der Waals surface area (Å²) >= 11 is 0. The number of hydrogen-bond donors (Lipinski definition) is 2. The molecule has 180 valence electrons. The first-order valence-electron chi connectivity index (χ1n) is 9.15. The fourth-order valence-corrected chi connectivity index (χ4v) is 3.89. The van der Waals surface area contributed by atoms with Crippen LogP contribution in [-0.2, 0) is 22.4 Å². The lowest BCUT2D eigenvalue weighted by molar-refractivity contribution is -0.143. The molecule has 3 aromatic carbocycles. The number of sulfonamides is 1. The lowest BCUT2D eigenvalue weighted by atomic mass is 10.1. The number of carbonyl (C=O) groups is 1. The van der Waals surface area contributed by atoms with E-state index in [1.165, 1.54) is 12.1 Å². The van der Waals surface area contributed by atoms with E-state index in [-0.39, 0.29) is 22.2 Å². The van der Waals surface area contributed by atoms with Gasteiger partial charge in [-0.2, -0.15) is 26.3 Å². The monoisotopic (exact) mass is 506 g/mol. The summed E-state index contributed by atoms with van der Waals surface area (Å²) in [5, 5.41) is 1.93. The topological polar surface area (TPSA) is 75.3 Å². The van der Waals surface area contributed by atoms with Crippen molar-refractivity contribution in [2.45, 2.75) is 17.2 Å². The smallest absolute Gasteiger partial charge is 0.322 e. The largest absolute Gasteiger partial charge is 0.416 e. The van der Waals surface area contributed by atoms with E-state index in [2.05, 4.69) is 4.72 Å². The number of anilines is 2. The van der Waals surface area contributed by atoms with Gasteiger partial charge in [0.25, 0.3) is 15.9 Å². The molecule has 0 spiro atoms. The van der Waals surface area contributed by atoms with E-state index in [4.69, 9.17) is 0 Å². The molecule has 1 amide bonds. The van der Waals surface area contributed by atoms with Crippen LogP contribution in [0.3, 0.4) is 0 Å². The number of amides is 1. The molecule has 0 radical (unpaired) electrons. The highest BCUT2D eigenvalue weighted by Crippen LogP contribution is 2.37. The molecule has 0 aromatic heterocycles. The van der Waals surface area contributed by atoms with E-state index in [1.54, 1.807) is 0 Å². The normalized spacial score (nSPS) is 12.3. The van der Waals surface area contributed by atoms with Crippen LogP contribution in [0, 0.1) is 5.82 Å². The second kappa shape index (κ2) is 8.97. The minimum atomic E-state index is -5.12. The molecule has 34 heavy (non-hydrogen) atoms. The van der Waals surface area contributed by atoms with Crippen LogP contribution >= 0.6 is 0 Å². The van der Waals surface area contributed by atoms with Gasteiger partial charge in [0, 0.05) is 5.69 Å². The molecule has 0 aliphatic rings. The summed E-state index contributed by atoms with van der Waals surface area (Å²) in [7, 11) is -4.31. The second-order valence-corrected chi connectivity index (χ2v) is 8.54. The number of halogens is 7. The maximum atomic E-state index is 13.1. The first-order chi connectivity index (χ1) is 15.7. The molecule has 0 unspecified atom stereocenters. The van der Waals surface area contributed by atoms with Crippen molar-refractivity contribution < 1.29 is 43.9 Å². The van der Waals surface area contributed by atoms with Crippen molar-refractivity contribution in [2.24, 2.45) is 0 Å². The van der Waals surface area contributed by atoms with Crippen molar-refractivity contribution in [3.8, 4) is 0 Å². The SMILES string of the molecule is O=C(Nc1cc(C(F)(F)F)cc(C(F)(F)F)c1)c1ccccc1NS(=O)(=O)c1ccc(F)cc1. The van der Waals surface area contributed by atoms with Crippen LogP contribution in [0.5, 0.6) is 0 Å².